The summed E-state index contributed by atoms with van der Waals surface area (Å²) in [7, 11) is 0. The molecule has 7 N–H and O–H groups in total. The van der Waals surface area contributed by atoms with Crippen molar-refractivity contribution in [3.8, 4) is 0 Å². The SMILES string of the molecule is O=C(O)CC[C@H](NC(=O)N[C@@H](CCCCNC(=O)NCc1cn(CCOCCOCC[18F])nn1)C(=O)O)C(=O)O. The van der Waals surface area contributed by atoms with Crippen LogP contribution in [0.5, 0.6) is 0 Å². The molecule has 0 spiro atoms. The van der Waals surface area contributed by atoms with Crippen molar-refractivity contribution in [2.24, 2.45) is 0 Å². The molecule has 0 unspecified atom stereocenters. The van der Waals surface area contributed by atoms with Gasteiger partial charge in [-0.25, -0.2) is 28.3 Å². The minimum absolute atomic E-state index is 0.0103. The van der Waals surface area contributed by atoms with Gasteiger partial charge in [0.25, 0.3) is 0 Å². The molecule has 0 aliphatic heterocycles. The molecule has 2 atom stereocenters. The van der Waals surface area contributed by atoms with Gasteiger partial charge in [0.05, 0.1) is 45.7 Å². The number of rotatable bonds is 22. The highest BCUT2D eigenvalue weighted by Gasteiger charge is 2.24. The molecule has 1 aromatic heterocycles. The molecule has 1 heterocycles. The van der Waals surface area contributed by atoms with Gasteiger partial charge >= 0.3 is 30.0 Å². The number of nitrogens with zero attached hydrogens (tertiary/aromatic N) is 3. The number of carbonyl (C=O) groups excluding carboxylic acids is 2. The molecular formula is C22H36FN7O10. The van der Waals surface area contributed by atoms with Crippen LogP contribution in [0, 0.1) is 0 Å². The topological polar surface area (TPSA) is 243 Å². The van der Waals surface area contributed by atoms with E-state index < -0.39 is 55.1 Å². The van der Waals surface area contributed by atoms with E-state index in [-0.39, 0.29) is 32.5 Å². The van der Waals surface area contributed by atoms with Crippen LogP contribution in [0.4, 0.5) is 14.0 Å². The average molecular weight is 577 g/mol. The number of carbonyl (C=O) groups is 5. The number of aromatic nitrogens is 3. The molecule has 0 bridgehead atoms. The number of carboxylic acid groups (broad SMARTS) is 3. The van der Waals surface area contributed by atoms with E-state index in [1.807, 2.05) is 5.32 Å². The van der Waals surface area contributed by atoms with Gasteiger partial charge in [-0.2, -0.15) is 0 Å². The number of halogens is 1. The molecule has 0 saturated carbocycles. The Balaban J connectivity index is 2.24. The van der Waals surface area contributed by atoms with Crippen molar-refractivity contribution < 1.29 is 53.2 Å². The van der Waals surface area contributed by atoms with Crippen molar-refractivity contribution in [3.63, 3.8) is 0 Å². The third kappa shape index (κ3) is 16.0. The van der Waals surface area contributed by atoms with E-state index in [9.17, 15) is 33.5 Å². The number of nitrogens with one attached hydrogen (secondary N) is 4. The highest BCUT2D eigenvalue weighted by molar-refractivity contribution is 5.86. The molecule has 0 aliphatic carbocycles. The predicted molar refractivity (Wildman–Crippen MR) is 133 cm³/mol. The molecule has 4 amide bonds. The van der Waals surface area contributed by atoms with Crippen molar-refractivity contribution in [2.45, 2.75) is 57.3 Å². The van der Waals surface area contributed by atoms with Crippen molar-refractivity contribution in [1.29, 1.82) is 0 Å². The van der Waals surface area contributed by atoms with E-state index in [0.29, 0.717) is 44.9 Å². The molecule has 0 radical (unpaired) electrons. The lowest BCUT2D eigenvalue weighted by Gasteiger charge is -2.18. The van der Waals surface area contributed by atoms with Crippen LogP contribution >= 0.6 is 0 Å². The number of ether oxygens (including phenoxy) is 2. The number of urea groups is 2. The van der Waals surface area contributed by atoms with Crippen LogP contribution in [0.1, 0.15) is 37.8 Å². The van der Waals surface area contributed by atoms with E-state index in [2.05, 4.69) is 26.3 Å². The fourth-order valence-corrected chi connectivity index (χ4v) is 3.11. The highest BCUT2D eigenvalue weighted by atomic mass is 18.2. The highest BCUT2D eigenvalue weighted by Crippen LogP contribution is 2.03. The molecule has 0 aliphatic rings. The summed E-state index contributed by atoms with van der Waals surface area (Å²) in [6, 6.07) is -4.33. The smallest absolute Gasteiger partial charge is 0.326 e. The normalized spacial score (nSPS) is 12.2. The largest absolute Gasteiger partial charge is 0.481 e. The predicted octanol–water partition coefficient (Wildman–Crippen LogP) is -0.679. The van der Waals surface area contributed by atoms with Crippen LogP contribution in [-0.2, 0) is 36.9 Å². The summed E-state index contributed by atoms with van der Waals surface area (Å²) < 4.78 is 23.7. The number of hydrogen-bond acceptors (Lipinski definition) is 9. The minimum Gasteiger partial charge on any atom is -0.481 e. The van der Waals surface area contributed by atoms with Crippen LogP contribution < -0.4 is 21.3 Å². The van der Waals surface area contributed by atoms with E-state index in [1.54, 1.807) is 10.9 Å². The van der Waals surface area contributed by atoms with Gasteiger partial charge in [-0.15, -0.1) is 5.10 Å². The maximum Gasteiger partial charge on any atom is 0.326 e. The van der Waals surface area contributed by atoms with E-state index in [1.165, 1.54) is 0 Å². The summed E-state index contributed by atoms with van der Waals surface area (Å²) in [4.78, 5) is 57.2. The van der Waals surface area contributed by atoms with Crippen LogP contribution in [0.3, 0.4) is 0 Å². The summed E-state index contributed by atoms with van der Waals surface area (Å²) in [5.41, 5.74) is 0.517. The molecule has 0 saturated heterocycles. The Labute approximate surface area is 228 Å². The molecule has 0 fully saturated rings. The Kier molecular flexibility index (Phi) is 16.9. The molecule has 40 heavy (non-hydrogen) atoms. The second kappa shape index (κ2) is 19.9. The quantitative estimate of drug-likeness (QED) is 0.0849. The van der Waals surface area contributed by atoms with Gasteiger partial charge in [-0.1, -0.05) is 5.21 Å². The molecule has 17 nitrogen and oxygen atoms in total. The molecular weight excluding hydrogens is 540 g/mol. The van der Waals surface area contributed by atoms with Gasteiger partial charge in [0.15, 0.2) is 0 Å². The summed E-state index contributed by atoms with van der Waals surface area (Å²) in [5.74, 6) is -4.02. The number of alkyl halides is 1. The summed E-state index contributed by atoms with van der Waals surface area (Å²) >= 11 is 0. The lowest BCUT2D eigenvalue weighted by molar-refractivity contribution is -0.140. The van der Waals surface area contributed by atoms with Gasteiger partial charge in [0, 0.05) is 13.0 Å². The maximum atomic E-state index is 12.0. The third-order valence-corrected chi connectivity index (χ3v) is 5.13. The van der Waals surface area contributed by atoms with Crippen LogP contribution in [0.15, 0.2) is 6.20 Å². The number of hydrogen-bond donors (Lipinski definition) is 7. The van der Waals surface area contributed by atoms with E-state index in [0.717, 1.165) is 0 Å². The first kappa shape index (κ1) is 34.0. The second-order valence-corrected chi connectivity index (χ2v) is 8.32. The average Bonchev–Trinajstić information content (AvgIpc) is 3.35. The number of unbranched alkanes of at least 4 members (excludes halogenated alkanes) is 1. The van der Waals surface area contributed by atoms with Crippen LogP contribution in [0.2, 0.25) is 0 Å². The third-order valence-electron chi connectivity index (χ3n) is 5.13. The van der Waals surface area contributed by atoms with E-state index >= 15 is 0 Å². The summed E-state index contributed by atoms with van der Waals surface area (Å²) in [5, 5.41) is 44.3. The Morgan fingerprint density at radius 2 is 1.52 bits per heavy atom. The molecule has 1 aromatic rings. The summed E-state index contributed by atoms with van der Waals surface area (Å²) in [6.07, 6.45) is 1.51. The fourth-order valence-electron chi connectivity index (χ4n) is 3.11. The zero-order valence-electron chi connectivity index (χ0n) is 21.8. The second-order valence-electron chi connectivity index (χ2n) is 8.32. The maximum absolute atomic E-state index is 12.0. The molecule has 0 aromatic carbocycles. The standard InChI is InChI=1S/C22H36FN7O10/c23-6-9-39-11-12-40-10-8-30-14-15(28-29-30)13-25-21(37)24-7-2-1-3-16(19(33)34)26-22(38)27-17(20(35)36)4-5-18(31)32/h14,16-17H,1-13H2,(H,31,32)(H,33,34)(H,35,36)(H2,24,25,37)(H2,26,27,38)/t16-,17-/m0/s1/i23-1. The Bertz CT molecular complexity index is 949. The Morgan fingerprint density at radius 3 is 2.15 bits per heavy atom. The van der Waals surface area contributed by atoms with E-state index in [4.69, 9.17) is 19.7 Å². The lowest BCUT2D eigenvalue weighted by atomic mass is 10.1. The zero-order chi connectivity index (χ0) is 29.8. The van der Waals surface area contributed by atoms with Gasteiger partial charge in [0.2, 0.25) is 0 Å². The number of aliphatic carboxylic acids is 3. The van der Waals surface area contributed by atoms with Gasteiger partial charge in [0.1, 0.15) is 24.5 Å². The van der Waals surface area contributed by atoms with Gasteiger partial charge in [-0.3, -0.25) is 4.79 Å². The fraction of sp³-hybridized carbons (Fsp3) is 0.682. The summed E-state index contributed by atoms with van der Waals surface area (Å²) in [6.45, 7) is 1.25. The van der Waals surface area contributed by atoms with Crippen LogP contribution in [-0.4, -0.2) is 112 Å². The lowest BCUT2D eigenvalue weighted by Crippen LogP contribution is -2.51. The van der Waals surface area contributed by atoms with Gasteiger partial charge in [-0.05, 0) is 25.7 Å². The van der Waals surface area contributed by atoms with Crippen molar-refractivity contribution in [3.05, 3.63) is 11.9 Å². The Morgan fingerprint density at radius 1 is 0.875 bits per heavy atom. The van der Waals surface area contributed by atoms with Crippen molar-refractivity contribution in [1.82, 2.24) is 36.3 Å². The first-order valence-corrected chi connectivity index (χ1v) is 12.5. The molecule has 18 heteroatoms. The molecule has 1 rings (SSSR count). The monoisotopic (exact) mass is 576 g/mol. The zero-order valence-corrected chi connectivity index (χ0v) is 21.8. The van der Waals surface area contributed by atoms with Crippen LogP contribution in [0.25, 0.3) is 0 Å². The van der Waals surface area contributed by atoms with Gasteiger partial charge < -0.3 is 46.1 Å². The first-order valence-electron chi connectivity index (χ1n) is 12.5. The van der Waals surface area contributed by atoms with Crippen molar-refractivity contribution in [2.75, 3.05) is 39.6 Å². The minimum atomic E-state index is -1.49. The number of amides is 4. The molecule has 226 valence electrons. The van der Waals surface area contributed by atoms with Crippen molar-refractivity contribution >= 4 is 30.0 Å². The Hall–Kier alpha value is -4.06. The number of carboxylic acids is 3. The first-order chi connectivity index (χ1) is 19.1.